The number of carbonyl (C=O) groups is 1. The highest BCUT2D eigenvalue weighted by Gasteiger charge is 2.54. The Labute approximate surface area is 120 Å². The van der Waals surface area contributed by atoms with E-state index in [2.05, 4.69) is 15.9 Å². The standard InChI is InChI=1S/C14H17BrO4/c1-4-8-11(14(5-6-14)13(16)17)9(15)7-10(18-2)12(8)19-3/h7H,4-6H2,1-3H3,(H,16,17). The van der Waals surface area contributed by atoms with Gasteiger partial charge in [0.1, 0.15) is 0 Å². The zero-order chi connectivity index (χ0) is 14.2. The van der Waals surface area contributed by atoms with Crippen molar-refractivity contribution < 1.29 is 19.4 Å². The number of halogens is 1. The minimum atomic E-state index is -0.768. The van der Waals surface area contributed by atoms with Crippen LogP contribution in [0.2, 0.25) is 0 Å². The van der Waals surface area contributed by atoms with Crippen LogP contribution in [0.5, 0.6) is 11.5 Å². The van der Waals surface area contributed by atoms with E-state index in [4.69, 9.17) is 9.47 Å². The molecule has 1 saturated carbocycles. The first-order valence-electron chi connectivity index (χ1n) is 6.19. The molecular formula is C14H17BrO4. The predicted molar refractivity (Wildman–Crippen MR) is 75.2 cm³/mol. The van der Waals surface area contributed by atoms with Gasteiger partial charge in [-0.15, -0.1) is 0 Å². The molecule has 1 aromatic carbocycles. The third-order valence-corrected chi connectivity index (χ3v) is 4.34. The molecule has 0 radical (unpaired) electrons. The van der Waals surface area contributed by atoms with E-state index in [9.17, 15) is 9.90 Å². The zero-order valence-corrected chi connectivity index (χ0v) is 12.8. The molecule has 0 aliphatic heterocycles. The molecule has 0 saturated heterocycles. The van der Waals surface area contributed by atoms with Crippen LogP contribution in [0.25, 0.3) is 0 Å². The summed E-state index contributed by atoms with van der Waals surface area (Å²) in [5.41, 5.74) is 0.984. The molecule has 19 heavy (non-hydrogen) atoms. The van der Waals surface area contributed by atoms with Gasteiger partial charge >= 0.3 is 5.97 Å². The van der Waals surface area contributed by atoms with Crippen LogP contribution in [-0.4, -0.2) is 25.3 Å². The molecule has 4 nitrogen and oxygen atoms in total. The molecule has 1 aliphatic carbocycles. The molecule has 1 aromatic rings. The average molecular weight is 329 g/mol. The Morgan fingerprint density at radius 1 is 1.42 bits per heavy atom. The van der Waals surface area contributed by atoms with Crippen molar-refractivity contribution in [2.45, 2.75) is 31.6 Å². The van der Waals surface area contributed by atoms with E-state index in [0.717, 1.165) is 15.6 Å². The van der Waals surface area contributed by atoms with Crippen molar-refractivity contribution in [3.05, 3.63) is 21.7 Å². The second kappa shape index (κ2) is 5.04. The molecule has 0 atom stereocenters. The van der Waals surface area contributed by atoms with Crippen LogP contribution in [0.1, 0.15) is 30.9 Å². The van der Waals surface area contributed by atoms with Gasteiger partial charge in [-0.3, -0.25) is 4.79 Å². The minimum absolute atomic E-state index is 0.621. The maximum atomic E-state index is 11.6. The third kappa shape index (κ3) is 2.10. The van der Waals surface area contributed by atoms with Crippen LogP contribution >= 0.6 is 15.9 Å². The monoisotopic (exact) mass is 328 g/mol. The fraction of sp³-hybridized carbons (Fsp3) is 0.500. The molecular weight excluding hydrogens is 312 g/mol. The summed E-state index contributed by atoms with van der Waals surface area (Å²) in [6.45, 7) is 1.99. The molecule has 0 unspecified atom stereocenters. The second-order valence-electron chi connectivity index (χ2n) is 4.69. The highest BCUT2D eigenvalue weighted by Crippen LogP contribution is 2.55. The molecule has 1 aliphatic rings. The van der Waals surface area contributed by atoms with Crippen molar-refractivity contribution in [3.63, 3.8) is 0 Å². The van der Waals surface area contributed by atoms with E-state index in [1.165, 1.54) is 0 Å². The first-order valence-corrected chi connectivity index (χ1v) is 6.98. The van der Waals surface area contributed by atoms with Gasteiger partial charge in [-0.25, -0.2) is 0 Å². The van der Waals surface area contributed by atoms with E-state index in [-0.39, 0.29) is 0 Å². The molecule has 2 rings (SSSR count). The lowest BCUT2D eigenvalue weighted by Crippen LogP contribution is -2.22. The summed E-state index contributed by atoms with van der Waals surface area (Å²) in [5, 5.41) is 9.50. The number of ether oxygens (including phenoxy) is 2. The Morgan fingerprint density at radius 2 is 2.05 bits per heavy atom. The summed E-state index contributed by atoms with van der Waals surface area (Å²) in [4.78, 5) is 11.6. The maximum Gasteiger partial charge on any atom is 0.314 e. The Hall–Kier alpha value is -1.23. The Morgan fingerprint density at radius 3 is 2.42 bits per heavy atom. The Bertz CT molecular complexity index is 521. The lowest BCUT2D eigenvalue weighted by atomic mass is 9.89. The number of hydrogen-bond acceptors (Lipinski definition) is 3. The quantitative estimate of drug-likeness (QED) is 0.902. The lowest BCUT2D eigenvalue weighted by Gasteiger charge is -2.21. The Balaban J connectivity index is 2.71. The Kier molecular flexibility index (Phi) is 3.76. The predicted octanol–water partition coefficient (Wildman–Crippen LogP) is 3.14. The van der Waals surface area contributed by atoms with Crippen LogP contribution in [0.15, 0.2) is 10.5 Å². The van der Waals surface area contributed by atoms with Crippen molar-refractivity contribution in [3.8, 4) is 11.5 Å². The molecule has 1 fully saturated rings. The number of carboxylic acid groups (broad SMARTS) is 1. The third-order valence-electron chi connectivity index (χ3n) is 3.71. The number of carboxylic acids is 1. The van der Waals surface area contributed by atoms with Gasteiger partial charge in [-0.2, -0.15) is 0 Å². The lowest BCUT2D eigenvalue weighted by molar-refractivity contribution is -0.140. The number of hydrogen-bond donors (Lipinski definition) is 1. The van der Waals surface area contributed by atoms with Gasteiger partial charge in [0.25, 0.3) is 0 Å². The van der Waals surface area contributed by atoms with E-state index in [0.29, 0.717) is 30.8 Å². The van der Waals surface area contributed by atoms with E-state index in [1.807, 2.05) is 6.92 Å². The summed E-state index contributed by atoms with van der Waals surface area (Å²) in [5.74, 6) is 0.488. The van der Waals surface area contributed by atoms with E-state index < -0.39 is 11.4 Å². The molecule has 5 heteroatoms. The number of methoxy groups -OCH3 is 2. The fourth-order valence-electron chi connectivity index (χ4n) is 2.59. The van der Waals surface area contributed by atoms with Gasteiger partial charge in [0, 0.05) is 10.0 Å². The van der Waals surface area contributed by atoms with Gasteiger partial charge in [0.2, 0.25) is 0 Å². The fourth-order valence-corrected chi connectivity index (χ4v) is 3.41. The SMILES string of the molecule is CCc1c(OC)c(OC)cc(Br)c1C1(C(=O)O)CC1. The van der Waals surface area contributed by atoms with Crippen LogP contribution in [0.3, 0.4) is 0 Å². The molecule has 0 spiro atoms. The van der Waals surface area contributed by atoms with Crippen LogP contribution in [-0.2, 0) is 16.6 Å². The van der Waals surface area contributed by atoms with E-state index >= 15 is 0 Å². The van der Waals surface area contributed by atoms with Gasteiger partial charge in [0.15, 0.2) is 11.5 Å². The summed E-state index contributed by atoms with van der Waals surface area (Å²) in [6.07, 6.45) is 2.04. The van der Waals surface area contributed by atoms with E-state index in [1.54, 1.807) is 20.3 Å². The summed E-state index contributed by atoms with van der Waals surface area (Å²) < 4.78 is 11.5. The normalized spacial score (nSPS) is 16.0. The molecule has 0 aromatic heterocycles. The van der Waals surface area contributed by atoms with Crippen LogP contribution in [0.4, 0.5) is 0 Å². The molecule has 0 heterocycles. The van der Waals surface area contributed by atoms with Crippen molar-refractivity contribution in [2.75, 3.05) is 14.2 Å². The van der Waals surface area contributed by atoms with Crippen LogP contribution < -0.4 is 9.47 Å². The maximum absolute atomic E-state index is 11.6. The second-order valence-corrected chi connectivity index (χ2v) is 5.54. The number of rotatable bonds is 5. The largest absolute Gasteiger partial charge is 0.493 e. The van der Waals surface area contributed by atoms with Crippen molar-refractivity contribution in [1.29, 1.82) is 0 Å². The van der Waals surface area contributed by atoms with Gasteiger partial charge in [-0.1, -0.05) is 22.9 Å². The molecule has 1 N–H and O–H groups in total. The van der Waals surface area contributed by atoms with Gasteiger partial charge in [-0.05, 0) is 30.9 Å². The number of benzene rings is 1. The topological polar surface area (TPSA) is 55.8 Å². The van der Waals surface area contributed by atoms with Crippen molar-refractivity contribution in [2.24, 2.45) is 0 Å². The number of aliphatic carboxylic acids is 1. The molecule has 104 valence electrons. The van der Waals surface area contributed by atoms with Crippen molar-refractivity contribution >= 4 is 21.9 Å². The highest BCUT2D eigenvalue weighted by atomic mass is 79.9. The minimum Gasteiger partial charge on any atom is -0.493 e. The summed E-state index contributed by atoms with van der Waals surface area (Å²) >= 11 is 3.49. The first-order chi connectivity index (χ1) is 9.01. The van der Waals surface area contributed by atoms with Gasteiger partial charge in [0.05, 0.1) is 19.6 Å². The van der Waals surface area contributed by atoms with Crippen LogP contribution in [0, 0.1) is 0 Å². The molecule has 0 bridgehead atoms. The molecule has 0 amide bonds. The highest BCUT2D eigenvalue weighted by molar-refractivity contribution is 9.10. The smallest absolute Gasteiger partial charge is 0.314 e. The average Bonchev–Trinajstić information content (AvgIpc) is 3.18. The first kappa shape index (κ1) is 14.2. The van der Waals surface area contributed by atoms with Crippen molar-refractivity contribution in [1.82, 2.24) is 0 Å². The summed E-state index contributed by atoms with van der Waals surface area (Å²) in [7, 11) is 3.16. The van der Waals surface area contributed by atoms with Gasteiger partial charge < -0.3 is 14.6 Å². The zero-order valence-electron chi connectivity index (χ0n) is 11.2. The summed E-state index contributed by atoms with van der Waals surface area (Å²) in [6, 6.07) is 1.79.